The van der Waals surface area contributed by atoms with Crippen LogP contribution in [0.5, 0.6) is 0 Å². The Labute approximate surface area is 169 Å². The Morgan fingerprint density at radius 3 is 2.55 bits per heavy atom. The molecule has 0 unspecified atom stereocenters. The van der Waals surface area contributed by atoms with E-state index in [1.165, 1.54) is 34.9 Å². The lowest BCUT2D eigenvalue weighted by molar-refractivity contribution is -0.123. The molecule has 0 radical (unpaired) electrons. The zero-order valence-corrected chi connectivity index (χ0v) is 16.1. The second kappa shape index (κ2) is 9.07. The molecule has 3 aromatic rings. The number of amides is 3. The van der Waals surface area contributed by atoms with Gasteiger partial charge >= 0.3 is 12.0 Å². The van der Waals surface area contributed by atoms with Crippen LogP contribution in [0.2, 0.25) is 0 Å². The number of para-hydroxylation sites is 1. The van der Waals surface area contributed by atoms with Gasteiger partial charge in [0.05, 0.1) is 5.69 Å². The molecule has 0 aliphatic rings. The van der Waals surface area contributed by atoms with E-state index in [0.717, 1.165) is 17.2 Å². The summed E-state index contributed by atoms with van der Waals surface area (Å²) in [5, 5.41) is 6.31. The number of anilines is 1. The fourth-order valence-corrected chi connectivity index (χ4v) is 3.08. The molecule has 1 heterocycles. The van der Waals surface area contributed by atoms with Crippen LogP contribution in [0.15, 0.2) is 53.9 Å². The molecule has 3 rings (SSSR count). The van der Waals surface area contributed by atoms with Crippen molar-refractivity contribution in [3.63, 3.8) is 0 Å². The first-order valence-electron chi connectivity index (χ1n) is 8.47. The molecular weight excluding hydrogens is 397 g/mol. The van der Waals surface area contributed by atoms with Gasteiger partial charge in [-0.1, -0.05) is 42.0 Å². The molecule has 0 saturated heterocycles. The van der Waals surface area contributed by atoms with Crippen LogP contribution >= 0.6 is 11.3 Å². The summed E-state index contributed by atoms with van der Waals surface area (Å²) >= 11 is 1.27. The topological polar surface area (TPSA) is 97.4 Å². The number of benzene rings is 2. The minimum atomic E-state index is -0.938. The first-order chi connectivity index (χ1) is 13.9. The molecule has 0 saturated carbocycles. The standard InChI is InChI=1S/C20H16FN3O4S/c1-12-6-8-13(9-7-12)18-22-16(11-29-18)19(26)28-10-17(25)24-20(27)23-15-5-3-2-4-14(15)21/h2-9,11H,10H2,1H3,(H2,23,24,25,27). The van der Waals surface area contributed by atoms with Crippen LogP contribution in [0.1, 0.15) is 16.1 Å². The van der Waals surface area contributed by atoms with Gasteiger partial charge in [0, 0.05) is 10.9 Å². The quantitative estimate of drug-likeness (QED) is 0.621. The van der Waals surface area contributed by atoms with Crippen LogP contribution in [-0.2, 0) is 9.53 Å². The van der Waals surface area contributed by atoms with Crippen LogP contribution < -0.4 is 10.6 Å². The largest absolute Gasteiger partial charge is 0.451 e. The van der Waals surface area contributed by atoms with Crippen molar-refractivity contribution < 1.29 is 23.5 Å². The predicted octanol–water partition coefficient (Wildman–Crippen LogP) is 3.76. The molecule has 3 amide bonds. The van der Waals surface area contributed by atoms with E-state index in [0.29, 0.717) is 5.01 Å². The van der Waals surface area contributed by atoms with Crippen LogP contribution in [0.25, 0.3) is 10.6 Å². The number of urea groups is 1. The van der Waals surface area contributed by atoms with Crippen LogP contribution in [0, 0.1) is 12.7 Å². The van der Waals surface area contributed by atoms with Gasteiger partial charge < -0.3 is 10.1 Å². The first kappa shape index (κ1) is 20.2. The first-order valence-corrected chi connectivity index (χ1v) is 9.35. The number of nitrogens with one attached hydrogen (secondary N) is 2. The Balaban J connectivity index is 1.50. The van der Waals surface area contributed by atoms with Crippen LogP contribution in [0.4, 0.5) is 14.9 Å². The number of imide groups is 1. The maximum Gasteiger partial charge on any atom is 0.358 e. The molecule has 0 bridgehead atoms. The minimum Gasteiger partial charge on any atom is -0.451 e. The zero-order chi connectivity index (χ0) is 20.8. The lowest BCUT2D eigenvalue weighted by Gasteiger charge is -2.07. The maximum absolute atomic E-state index is 13.5. The number of esters is 1. The highest BCUT2D eigenvalue weighted by Crippen LogP contribution is 2.24. The van der Waals surface area contributed by atoms with Gasteiger partial charge in [-0.2, -0.15) is 0 Å². The summed E-state index contributed by atoms with van der Waals surface area (Å²) in [4.78, 5) is 39.7. The van der Waals surface area contributed by atoms with Gasteiger partial charge in [-0.25, -0.2) is 19.0 Å². The van der Waals surface area contributed by atoms with Gasteiger partial charge in [0.15, 0.2) is 12.3 Å². The van der Waals surface area contributed by atoms with Crippen molar-refractivity contribution in [1.82, 2.24) is 10.3 Å². The van der Waals surface area contributed by atoms with E-state index in [1.807, 2.05) is 36.5 Å². The fourth-order valence-electron chi connectivity index (χ4n) is 2.28. The number of rotatable bonds is 5. The molecule has 1 aromatic heterocycles. The number of aryl methyl sites for hydroxylation is 1. The molecule has 2 N–H and O–H groups in total. The summed E-state index contributed by atoms with van der Waals surface area (Å²) in [5.74, 6) is -2.29. The molecule has 29 heavy (non-hydrogen) atoms. The smallest absolute Gasteiger partial charge is 0.358 e. The third-order valence-corrected chi connectivity index (χ3v) is 4.61. The lowest BCUT2D eigenvalue weighted by Crippen LogP contribution is -2.37. The fraction of sp³-hybridized carbons (Fsp3) is 0.100. The van der Waals surface area contributed by atoms with E-state index in [2.05, 4.69) is 10.3 Å². The summed E-state index contributed by atoms with van der Waals surface area (Å²) in [5.41, 5.74) is 1.95. The number of halogens is 1. The Kier molecular flexibility index (Phi) is 6.30. The molecule has 0 spiro atoms. The van der Waals surface area contributed by atoms with Gasteiger partial charge in [0.2, 0.25) is 0 Å². The summed E-state index contributed by atoms with van der Waals surface area (Å²) < 4.78 is 18.3. The summed E-state index contributed by atoms with van der Waals surface area (Å²) in [6.07, 6.45) is 0. The molecule has 0 fully saturated rings. The van der Waals surface area contributed by atoms with E-state index in [4.69, 9.17) is 4.74 Å². The molecule has 0 aliphatic carbocycles. The Morgan fingerprint density at radius 1 is 1.10 bits per heavy atom. The third-order valence-electron chi connectivity index (χ3n) is 3.72. The number of carbonyl (C=O) groups is 3. The monoisotopic (exact) mass is 413 g/mol. The number of hydrogen-bond acceptors (Lipinski definition) is 6. The van der Waals surface area contributed by atoms with E-state index in [9.17, 15) is 18.8 Å². The van der Waals surface area contributed by atoms with Crippen molar-refractivity contribution in [2.24, 2.45) is 0 Å². The van der Waals surface area contributed by atoms with Crippen molar-refractivity contribution in [3.05, 3.63) is 71.0 Å². The molecule has 0 aliphatic heterocycles. The average molecular weight is 413 g/mol. The van der Waals surface area contributed by atoms with Crippen molar-refractivity contribution >= 4 is 34.9 Å². The summed E-state index contributed by atoms with van der Waals surface area (Å²) in [6.45, 7) is 1.29. The van der Waals surface area contributed by atoms with E-state index < -0.39 is 30.3 Å². The van der Waals surface area contributed by atoms with Crippen molar-refractivity contribution in [3.8, 4) is 10.6 Å². The number of hydrogen-bond donors (Lipinski definition) is 2. The number of ether oxygens (including phenoxy) is 1. The number of nitrogens with zero attached hydrogens (tertiary/aromatic N) is 1. The Hall–Kier alpha value is -3.59. The molecule has 7 nitrogen and oxygen atoms in total. The van der Waals surface area contributed by atoms with Crippen molar-refractivity contribution in [2.45, 2.75) is 6.92 Å². The molecular formula is C20H16FN3O4S. The number of carbonyl (C=O) groups excluding carboxylic acids is 3. The zero-order valence-electron chi connectivity index (χ0n) is 15.3. The lowest BCUT2D eigenvalue weighted by atomic mass is 10.2. The maximum atomic E-state index is 13.5. The summed E-state index contributed by atoms with van der Waals surface area (Å²) in [6, 6.07) is 12.2. The van der Waals surface area contributed by atoms with Crippen molar-refractivity contribution in [2.75, 3.05) is 11.9 Å². The molecule has 148 valence electrons. The highest BCUT2D eigenvalue weighted by atomic mass is 32.1. The average Bonchev–Trinajstić information content (AvgIpc) is 3.19. The highest BCUT2D eigenvalue weighted by molar-refractivity contribution is 7.13. The van der Waals surface area contributed by atoms with Crippen LogP contribution in [0.3, 0.4) is 0 Å². The second-order valence-electron chi connectivity index (χ2n) is 5.96. The van der Waals surface area contributed by atoms with Gasteiger partial charge in [-0.05, 0) is 19.1 Å². The summed E-state index contributed by atoms with van der Waals surface area (Å²) in [7, 11) is 0. The highest BCUT2D eigenvalue weighted by Gasteiger charge is 2.16. The Bertz CT molecular complexity index is 1050. The third kappa shape index (κ3) is 5.45. The predicted molar refractivity (Wildman–Crippen MR) is 106 cm³/mol. The van der Waals surface area contributed by atoms with Crippen LogP contribution in [-0.4, -0.2) is 29.5 Å². The SMILES string of the molecule is Cc1ccc(-c2nc(C(=O)OCC(=O)NC(=O)Nc3ccccc3F)cs2)cc1. The van der Waals surface area contributed by atoms with Crippen molar-refractivity contribution in [1.29, 1.82) is 0 Å². The minimum absolute atomic E-state index is 0.0641. The molecule has 9 heteroatoms. The van der Waals surface area contributed by atoms with Gasteiger partial charge in [-0.15, -0.1) is 11.3 Å². The normalized spacial score (nSPS) is 10.3. The van der Waals surface area contributed by atoms with E-state index in [-0.39, 0.29) is 11.4 Å². The van der Waals surface area contributed by atoms with E-state index in [1.54, 1.807) is 0 Å². The number of aromatic nitrogens is 1. The molecule has 0 atom stereocenters. The number of thiazole rings is 1. The van der Waals surface area contributed by atoms with Gasteiger partial charge in [-0.3, -0.25) is 10.1 Å². The Morgan fingerprint density at radius 2 is 1.83 bits per heavy atom. The van der Waals surface area contributed by atoms with Gasteiger partial charge in [0.25, 0.3) is 5.91 Å². The molecule has 2 aromatic carbocycles. The van der Waals surface area contributed by atoms with Gasteiger partial charge in [0.1, 0.15) is 10.8 Å². The second-order valence-corrected chi connectivity index (χ2v) is 6.82. The van der Waals surface area contributed by atoms with E-state index >= 15 is 0 Å².